The highest BCUT2D eigenvalue weighted by atomic mass is 16.5. The highest BCUT2D eigenvalue weighted by Crippen LogP contribution is 2.53. The molecule has 4 unspecified atom stereocenters. The zero-order valence-corrected chi connectivity index (χ0v) is 50.3. The number of aliphatic hydroxyl groups excluding tert-OH is 1. The van der Waals surface area contributed by atoms with Crippen molar-refractivity contribution in [1.29, 1.82) is 0 Å². The number of carbonyl (C=O) groups is 5. The summed E-state index contributed by atoms with van der Waals surface area (Å²) in [5.74, 6) is -2.69. The van der Waals surface area contributed by atoms with Crippen molar-refractivity contribution in [3.8, 4) is 0 Å². The molecule has 4 aliphatic rings. The summed E-state index contributed by atoms with van der Waals surface area (Å²) in [6, 6.07) is 0. The van der Waals surface area contributed by atoms with E-state index in [9.17, 15) is 14.7 Å². The number of aliphatic imine (C=N–C) groups is 1. The summed E-state index contributed by atoms with van der Waals surface area (Å²) in [6.45, 7) is 49.5. The number of amides is 2. The minimum Gasteiger partial charge on any atom is -0.506 e. The fourth-order valence-electron chi connectivity index (χ4n) is 12.0. The number of anilines is 1. The average Bonchev–Trinajstić information content (AvgIpc) is 3.81. The molecule has 0 spiro atoms. The van der Waals surface area contributed by atoms with Gasteiger partial charge in [0.05, 0.1) is 22.5 Å². The van der Waals surface area contributed by atoms with Crippen molar-refractivity contribution < 1.29 is 38.6 Å². The van der Waals surface area contributed by atoms with Gasteiger partial charge < -0.3 is 30.2 Å². The van der Waals surface area contributed by atoms with Crippen LogP contribution in [0, 0.1) is 73.9 Å². The number of nitrogens with one attached hydrogen (secondary N) is 3. The number of carbonyl (C=O) groups excluding carboxylic acids is 5. The lowest BCUT2D eigenvalue weighted by Gasteiger charge is -2.50. The van der Waals surface area contributed by atoms with E-state index in [1.165, 1.54) is 0 Å². The zero-order valence-electron chi connectivity index (χ0n) is 50.3. The number of aromatic amines is 1. The van der Waals surface area contributed by atoms with Crippen LogP contribution in [0.15, 0.2) is 33.2 Å². The van der Waals surface area contributed by atoms with E-state index in [1.54, 1.807) is 0 Å². The number of allylic oxidation sites excluding steroid dienone is 3. The molecular formula is C62H98N4O8. The van der Waals surface area contributed by atoms with Gasteiger partial charge >= 0.3 is 11.9 Å². The number of aliphatic hydroxyl groups is 1. The van der Waals surface area contributed by atoms with Crippen LogP contribution in [0.5, 0.6) is 0 Å². The van der Waals surface area contributed by atoms with Crippen LogP contribution >= 0.6 is 0 Å². The van der Waals surface area contributed by atoms with E-state index in [1.807, 2.05) is 69.2 Å². The number of Topliss-reactive ketones (excluding diaryl/α,β-unsaturated/α-hetero) is 1. The first-order valence-electron chi connectivity index (χ1n) is 28.0. The third-order valence-corrected chi connectivity index (χ3v) is 17.6. The van der Waals surface area contributed by atoms with E-state index in [2.05, 4.69) is 113 Å². The molecule has 414 valence electrons. The van der Waals surface area contributed by atoms with Crippen molar-refractivity contribution in [2.45, 2.75) is 223 Å². The second kappa shape index (κ2) is 21.2. The summed E-state index contributed by atoms with van der Waals surface area (Å²) in [5, 5.41) is 18.5. The predicted octanol–water partition coefficient (Wildman–Crippen LogP) is 14.5. The Morgan fingerprint density at radius 2 is 1.01 bits per heavy atom. The topological polar surface area (TPSA) is 176 Å². The lowest BCUT2D eigenvalue weighted by Crippen LogP contribution is -2.50. The Hall–Kier alpha value is -4.48. The molecule has 2 fully saturated rings. The summed E-state index contributed by atoms with van der Waals surface area (Å²) in [6.07, 6.45) is 3.65. The van der Waals surface area contributed by atoms with Gasteiger partial charge in [0.1, 0.15) is 40.8 Å². The molecule has 0 aromatic carbocycles. The third-order valence-electron chi connectivity index (χ3n) is 17.6. The molecule has 0 radical (unpaired) electrons. The highest BCUT2D eigenvalue weighted by Gasteiger charge is 2.52. The van der Waals surface area contributed by atoms with Crippen molar-refractivity contribution in [1.82, 2.24) is 10.3 Å². The summed E-state index contributed by atoms with van der Waals surface area (Å²) in [5.41, 5.74) is -1.42. The SMILES string of the molecule is CCC(C)(C)C(=O)NC1=N/C(=C2\C(=O)C(c3[nH]c(NC(=O)C(C)(C)CC)c(C(=O)OC4C(C(C)(C)C)CC(C)CC4C(C)(C)C)c3C(C)C)=C2O)C(C(C)C)=C1C(=O)OC1C(C(C)(C)C)CC(C)CC1C(C)(C)C. The molecular weight excluding hydrogens is 929 g/mol. The fourth-order valence-corrected chi connectivity index (χ4v) is 12.0. The maximum absolute atomic E-state index is 15.2. The van der Waals surface area contributed by atoms with E-state index in [-0.39, 0.29) is 108 Å². The number of amidine groups is 1. The van der Waals surface area contributed by atoms with Gasteiger partial charge in [0.15, 0.2) is 0 Å². The number of ether oxygens (including phenoxy) is 2. The number of aromatic nitrogens is 1. The number of nitrogens with zero attached hydrogens (tertiary/aromatic N) is 1. The predicted molar refractivity (Wildman–Crippen MR) is 298 cm³/mol. The van der Waals surface area contributed by atoms with Crippen LogP contribution < -0.4 is 10.6 Å². The lowest BCUT2D eigenvalue weighted by molar-refractivity contribution is -0.164. The zero-order chi connectivity index (χ0) is 56.5. The molecule has 2 heterocycles. The Morgan fingerprint density at radius 1 is 0.622 bits per heavy atom. The van der Waals surface area contributed by atoms with Gasteiger partial charge in [-0.3, -0.25) is 14.4 Å². The van der Waals surface area contributed by atoms with Gasteiger partial charge in [-0.1, -0.05) is 166 Å². The van der Waals surface area contributed by atoms with Crippen molar-refractivity contribution in [2.75, 3.05) is 5.32 Å². The first kappa shape index (κ1) is 60.4. The van der Waals surface area contributed by atoms with Gasteiger partial charge in [0.25, 0.3) is 0 Å². The van der Waals surface area contributed by atoms with Gasteiger partial charge in [-0.2, -0.15) is 0 Å². The minimum atomic E-state index is -0.836. The van der Waals surface area contributed by atoms with Gasteiger partial charge in [-0.25, -0.2) is 14.6 Å². The third kappa shape index (κ3) is 12.0. The standard InChI is InChI=1S/C62H98N4O8/c1-25-61(21,22)55(71)65-51-41(53(69)73-49-35(57(9,10)11)27-33(7)28-36(49)58(12,13)14)39(31(3)4)45(63-51)43-47(67)44(48(43)68)46-40(32(5)6)42(52(64-46)66-56(72)62(23,24)26-2)54(70)74-50-37(59(15,16)17)29-34(8)30-38(50)60(18,19)20/h31-38,49-50,63,67H,25-30H2,1-24H3,(H,65,71)(H,64,66,72)/b46-44-. The van der Waals surface area contributed by atoms with Crippen LogP contribution in [0.25, 0.3) is 5.57 Å². The smallest absolute Gasteiger partial charge is 0.342 e. The molecule has 1 aromatic heterocycles. The molecule has 1 aliphatic heterocycles. The number of H-pyrrole nitrogens is 1. The monoisotopic (exact) mass is 1030 g/mol. The van der Waals surface area contributed by atoms with E-state index < -0.39 is 52.6 Å². The van der Waals surface area contributed by atoms with E-state index in [0.717, 1.165) is 25.7 Å². The average molecular weight is 1030 g/mol. The minimum absolute atomic E-state index is 0.0267. The molecule has 12 nitrogen and oxygen atoms in total. The molecule has 0 saturated heterocycles. The Bertz CT molecular complexity index is 2450. The summed E-state index contributed by atoms with van der Waals surface area (Å²) in [7, 11) is 0. The summed E-state index contributed by atoms with van der Waals surface area (Å²) in [4.78, 5) is 81.9. The van der Waals surface area contributed by atoms with Crippen molar-refractivity contribution in [3.63, 3.8) is 0 Å². The molecule has 5 rings (SSSR count). The number of esters is 2. The largest absolute Gasteiger partial charge is 0.506 e. The van der Waals surface area contributed by atoms with Gasteiger partial charge in [0, 0.05) is 34.5 Å². The van der Waals surface area contributed by atoms with E-state index in [0.29, 0.717) is 35.8 Å². The van der Waals surface area contributed by atoms with E-state index in [4.69, 9.17) is 14.5 Å². The van der Waals surface area contributed by atoms with Gasteiger partial charge in [-0.05, 0) is 95.0 Å². The molecule has 4 atom stereocenters. The van der Waals surface area contributed by atoms with E-state index >= 15 is 14.4 Å². The van der Waals surface area contributed by atoms with Crippen LogP contribution in [0.2, 0.25) is 0 Å². The van der Waals surface area contributed by atoms with Crippen molar-refractivity contribution >= 4 is 46.8 Å². The fraction of sp³-hybridized carbons (Fsp3) is 0.742. The summed E-state index contributed by atoms with van der Waals surface area (Å²) >= 11 is 0. The Kier molecular flexibility index (Phi) is 17.3. The van der Waals surface area contributed by atoms with Gasteiger partial charge in [-0.15, -0.1) is 0 Å². The molecule has 3 aliphatic carbocycles. The Morgan fingerprint density at radius 3 is 1.36 bits per heavy atom. The maximum Gasteiger partial charge on any atom is 0.342 e. The number of hydrogen-bond acceptors (Lipinski definition) is 9. The summed E-state index contributed by atoms with van der Waals surface area (Å²) < 4.78 is 13.6. The second-order valence-electron chi connectivity index (χ2n) is 29.2. The molecule has 1 aromatic rings. The maximum atomic E-state index is 15.2. The van der Waals surface area contributed by atoms with Gasteiger partial charge in [0.2, 0.25) is 17.6 Å². The Labute approximate surface area is 446 Å². The highest BCUT2D eigenvalue weighted by molar-refractivity contribution is 6.40. The molecule has 12 heteroatoms. The molecule has 2 saturated carbocycles. The first-order valence-corrected chi connectivity index (χ1v) is 28.0. The first-order chi connectivity index (χ1) is 33.6. The molecule has 2 amide bonds. The quantitative estimate of drug-likeness (QED) is 0.118. The normalized spacial score (nSPS) is 26.6. The van der Waals surface area contributed by atoms with Crippen LogP contribution in [0.3, 0.4) is 0 Å². The molecule has 4 N–H and O–H groups in total. The van der Waals surface area contributed by atoms with Crippen LogP contribution in [0.4, 0.5) is 5.82 Å². The lowest BCUT2D eigenvalue weighted by atomic mass is 9.59. The van der Waals surface area contributed by atoms with Crippen LogP contribution in [-0.4, -0.2) is 57.7 Å². The van der Waals surface area contributed by atoms with Crippen molar-refractivity contribution in [3.05, 3.63) is 45.0 Å². The van der Waals surface area contributed by atoms with Crippen LogP contribution in [-0.2, 0) is 28.7 Å². The number of rotatable bonds is 12. The number of ketones is 1. The number of hydrogen-bond donors (Lipinski definition) is 4. The molecule has 0 bridgehead atoms. The van der Waals surface area contributed by atoms with Crippen molar-refractivity contribution in [2.24, 2.45) is 78.9 Å². The van der Waals surface area contributed by atoms with Crippen LogP contribution in [0.1, 0.15) is 232 Å². The second-order valence-corrected chi connectivity index (χ2v) is 29.2. The Balaban J connectivity index is 1.77. The molecule has 74 heavy (non-hydrogen) atoms.